The van der Waals surface area contributed by atoms with Crippen LogP contribution in [0.4, 0.5) is 0 Å². The topological polar surface area (TPSA) is 51.5 Å². The van der Waals surface area contributed by atoms with Crippen molar-refractivity contribution in [3.05, 3.63) is 71.5 Å². The monoisotopic (exact) mass is 351 g/mol. The molecule has 0 spiro atoms. The van der Waals surface area contributed by atoms with Crippen molar-refractivity contribution in [3.63, 3.8) is 0 Å². The number of carbonyl (C=O) groups is 1. The smallest absolute Gasteiger partial charge is 0.224 e. The Morgan fingerprint density at radius 1 is 1.19 bits per heavy atom. The Balaban J connectivity index is 1.39. The molecule has 26 heavy (non-hydrogen) atoms. The Hall–Kier alpha value is -2.59. The minimum atomic E-state index is 0.00406. The number of aryl methyl sites for hydroxylation is 1. The lowest BCUT2D eigenvalue weighted by atomic mass is 10.1. The largest absolute Gasteiger partial charge is 0.464 e. The quantitative estimate of drug-likeness (QED) is 0.605. The van der Waals surface area contributed by atoms with Gasteiger partial charge in [0.25, 0.3) is 0 Å². The molecule has 0 aliphatic rings. The molecule has 2 aromatic carbocycles. The van der Waals surface area contributed by atoms with Crippen LogP contribution < -0.4 is 5.32 Å². The summed E-state index contributed by atoms with van der Waals surface area (Å²) in [6, 6.07) is 16.2. The van der Waals surface area contributed by atoms with Crippen molar-refractivity contribution in [3.8, 4) is 0 Å². The lowest BCUT2D eigenvalue weighted by molar-refractivity contribution is -0.120. The van der Waals surface area contributed by atoms with Crippen molar-refractivity contribution in [2.75, 3.05) is 13.2 Å². The van der Waals surface area contributed by atoms with Gasteiger partial charge in [-0.3, -0.25) is 4.79 Å². The highest BCUT2D eigenvalue weighted by Crippen LogP contribution is 2.22. The predicted octanol–water partition coefficient (Wildman–Crippen LogP) is 4.57. The maximum absolute atomic E-state index is 12.1. The van der Waals surface area contributed by atoms with Gasteiger partial charge in [0, 0.05) is 24.1 Å². The van der Waals surface area contributed by atoms with E-state index in [0.717, 1.165) is 28.5 Å². The number of fused-ring (bicyclic) bond motifs is 1. The number of rotatable bonds is 8. The number of ether oxygens (including phenoxy) is 1. The number of amides is 1. The van der Waals surface area contributed by atoms with Gasteiger partial charge in [-0.1, -0.05) is 42.5 Å². The van der Waals surface area contributed by atoms with Gasteiger partial charge in [-0.15, -0.1) is 0 Å². The Morgan fingerprint density at radius 2 is 2.00 bits per heavy atom. The van der Waals surface area contributed by atoms with E-state index < -0.39 is 0 Å². The summed E-state index contributed by atoms with van der Waals surface area (Å²) in [5.74, 6) is 0.00406. The zero-order chi connectivity index (χ0) is 18.4. The third-order valence-electron chi connectivity index (χ3n) is 4.44. The maximum atomic E-state index is 12.1. The molecule has 0 aliphatic heterocycles. The van der Waals surface area contributed by atoms with Crippen LogP contribution in [0.3, 0.4) is 0 Å². The summed E-state index contributed by atoms with van der Waals surface area (Å²) in [7, 11) is 0. The van der Waals surface area contributed by atoms with E-state index in [1.165, 1.54) is 5.56 Å². The first-order chi connectivity index (χ1) is 12.6. The van der Waals surface area contributed by atoms with E-state index in [4.69, 9.17) is 9.15 Å². The van der Waals surface area contributed by atoms with E-state index in [1.54, 1.807) is 6.26 Å². The van der Waals surface area contributed by atoms with Crippen LogP contribution in [0.2, 0.25) is 0 Å². The van der Waals surface area contributed by atoms with E-state index >= 15 is 0 Å². The highest BCUT2D eigenvalue weighted by Gasteiger charge is 2.10. The normalized spacial score (nSPS) is 12.2. The Kier molecular flexibility index (Phi) is 6.08. The van der Waals surface area contributed by atoms with Crippen LogP contribution in [-0.4, -0.2) is 19.1 Å². The van der Waals surface area contributed by atoms with Gasteiger partial charge >= 0.3 is 0 Å². The summed E-state index contributed by atoms with van der Waals surface area (Å²) in [5, 5.41) is 3.96. The first-order valence-corrected chi connectivity index (χ1v) is 9.03. The van der Waals surface area contributed by atoms with Crippen LogP contribution in [0.1, 0.15) is 36.1 Å². The van der Waals surface area contributed by atoms with E-state index in [-0.39, 0.29) is 12.0 Å². The molecule has 1 heterocycles. The zero-order valence-electron chi connectivity index (χ0n) is 15.3. The molecule has 0 bridgehead atoms. The van der Waals surface area contributed by atoms with Crippen LogP contribution in [0, 0.1) is 6.92 Å². The van der Waals surface area contributed by atoms with E-state index in [1.807, 2.05) is 50.2 Å². The fourth-order valence-corrected chi connectivity index (χ4v) is 2.94. The molecule has 0 saturated heterocycles. The fourth-order valence-electron chi connectivity index (χ4n) is 2.94. The fraction of sp³-hybridized carbons (Fsp3) is 0.318. The summed E-state index contributed by atoms with van der Waals surface area (Å²) >= 11 is 0. The van der Waals surface area contributed by atoms with Crippen molar-refractivity contribution in [1.82, 2.24) is 5.32 Å². The molecule has 1 atom stereocenters. The molecule has 3 aromatic rings. The van der Waals surface area contributed by atoms with Crippen LogP contribution in [0.15, 0.2) is 59.2 Å². The van der Waals surface area contributed by atoms with Gasteiger partial charge in [0.1, 0.15) is 5.58 Å². The Bertz CT molecular complexity index is 854. The molecular weight excluding hydrogens is 326 g/mol. The zero-order valence-corrected chi connectivity index (χ0v) is 15.3. The molecule has 1 aromatic heterocycles. The van der Waals surface area contributed by atoms with Crippen LogP contribution >= 0.6 is 0 Å². The minimum absolute atomic E-state index is 0.00406. The number of furan rings is 1. The second kappa shape index (κ2) is 8.68. The molecule has 0 aliphatic carbocycles. The van der Waals surface area contributed by atoms with Gasteiger partial charge < -0.3 is 14.5 Å². The van der Waals surface area contributed by atoms with Gasteiger partial charge in [0.15, 0.2) is 0 Å². The third-order valence-corrected chi connectivity index (χ3v) is 4.44. The maximum Gasteiger partial charge on any atom is 0.224 e. The van der Waals surface area contributed by atoms with Crippen molar-refractivity contribution < 1.29 is 13.9 Å². The number of carbonyl (C=O) groups excluding carboxylic acids is 1. The minimum Gasteiger partial charge on any atom is -0.464 e. The van der Waals surface area contributed by atoms with Crippen molar-refractivity contribution in [1.29, 1.82) is 0 Å². The van der Waals surface area contributed by atoms with Gasteiger partial charge in [-0.05, 0) is 37.5 Å². The molecule has 1 N–H and O–H groups in total. The average Bonchev–Trinajstić information content (AvgIpc) is 3.03. The molecule has 0 fully saturated rings. The first-order valence-electron chi connectivity index (χ1n) is 9.03. The Labute approximate surface area is 154 Å². The second-order valence-corrected chi connectivity index (χ2v) is 6.56. The molecule has 4 nitrogen and oxygen atoms in total. The molecule has 3 rings (SSSR count). The summed E-state index contributed by atoms with van der Waals surface area (Å²) in [6.07, 6.45) is 2.85. The predicted molar refractivity (Wildman–Crippen MR) is 103 cm³/mol. The van der Waals surface area contributed by atoms with Crippen molar-refractivity contribution >= 4 is 16.9 Å². The molecule has 1 amide bonds. The van der Waals surface area contributed by atoms with Crippen LogP contribution in [0.5, 0.6) is 0 Å². The van der Waals surface area contributed by atoms with Gasteiger partial charge in [0.2, 0.25) is 5.91 Å². The van der Waals surface area contributed by atoms with Gasteiger partial charge in [-0.2, -0.15) is 0 Å². The number of hydrogen-bond acceptors (Lipinski definition) is 3. The number of benzene rings is 2. The Morgan fingerprint density at radius 3 is 2.81 bits per heavy atom. The molecular formula is C22H25NO3. The summed E-state index contributed by atoms with van der Waals surface area (Å²) in [5.41, 5.74) is 4.06. The molecule has 0 unspecified atom stereocenters. The van der Waals surface area contributed by atoms with E-state index in [9.17, 15) is 4.79 Å². The highest BCUT2D eigenvalue weighted by molar-refractivity contribution is 5.87. The number of nitrogens with one attached hydrogen (secondary N) is 1. The van der Waals surface area contributed by atoms with Crippen molar-refractivity contribution in [2.24, 2.45) is 0 Å². The molecule has 136 valence electrons. The summed E-state index contributed by atoms with van der Waals surface area (Å²) < 4.78 is 11.4. The highest BCUT2D eigenvalue weighted by atomic mass is 16.5. The van der Waals surface area contributed by atoms with Crippen LogP contribution in [0.25, 0.3) is 11.0 Å². The standard InChI is InChI=1S/C22H25NO3/c1-16-9-10-20-19(15-26-21(20)13-16)14-22(24)23-11-6-12-25-17(2)18-7-4-3-5-8-18/h3-5,7-10,13,15,17H,6,11-12,14H2,1-2H3,(H,23,24)/t17-/m0/s1. The van der Waals surface area contributed by atoms with E-state index in [0.29, 0.717) is 19.6 Å². The SMILES string of the molecule is Cc1ccc2c(CC(=O)NCCCO[C@@H](C)c3ccccc3)coc2c1. The molecule has 0 radical (unpaired) electrons. The lowest BCUT2D eigenvalue weighted by Crippen LogP contribution is -2.26. The number of hydrogen-bond donors (Lipinski definition) is 1. The van der Waals surface area contributed by atoms with Crippen LogP contribution in [-0.2, 0) is 16.0 Å². The van der Waals surface area contributed by atoms with Gasteiger partial charge in [-0.25, -0.2) is 0 Å². The molecule has 0 saturated carbocycles. The third kappa shape index (κ3) is 4.73. The second-order valence-electron chi connectivity index (χ2n) is 6.56. The van der Waals surface area contributed by atoms with E-state index in [2.05, 4.69) is 17.4 Å². The summed E-state index contributed by atoms with van der Waals surface area (Å²) in [4.78, 5) is 12.1. The van der Waals surface area contributed by atoms with Crippen molar-refractivity contribution in [2.45, 2.75) is 32.8 Å². The molecule has 4 heteroatoms. The first kappa shape index (κ1) is 18.2. The van der Waals surface area contributed by atoms with Gasteiger partial charge in [0.05, 0.1) is 18.8 Å². The summed E-state index contributed by atoms with van der Waals surface area (Å²) in [6.45, 7) is 5.29. The average molecular weight is 351 g/mol. The lowest BCUT2D eigenvalue weighted by Gasteiger charge is -2.13.